The van der Waals surface area contributed by atoms with Crippen LogP contribution >= 0.6 is 0 Å². The molecule has 0 atom stereocenters. The zero-order chi connectivity index (χ0) is 14.6. The van der Waals surface area contributed by atoms with Crippen molar-refractivity contribution >= 4 is 15.7 Å². The lowest BCUT2D eigenvalue weighted by atomic mass is 10.2. The van der Waals surface area contributed by atoms with Crippen molar-refractivity contribution in [3.8, 4) is 0 Å². The van der Waals surface area contributed by atoms with Gasteiger partial charge in [0.2, 0.25) is 5.91 Å². The molecule has 1 heterocycles. The van der Waals surface area contributed by atoms with Crippen molar-refractivity contribution in [1.29, 1.82) is 0 Å². The minimum atomic E-state index is -3.30. The first-order valence-electron chi connectivity index (χ1n) is 6.10. The Morgan fingerprint density at radius 1 is 1.47 bits per heavy atom. The lowest BCUT2D eigenvalue weighted by molar-refractivity contribution is -0.129. The van der Waals surface area contributed by atoms with E-state index in [-0.39, 0.29) is 11.8 Å². The molecule has 0 aliphatic heterocycles. The third-order valence-corrected chi connectivity index (χ3v) is 3.23. The molecule has 0 saturated heterocycles. The molecule has 1 aromatic rings. The Hall–Kier alpha value is -1.37. The van der Waals surface area contributed by atoms with E-state index in [4.69, 9.17) is 0 Å². The summed E-state index contributed by atoms with van der Waals surface area (Å²) in [6.45, 7) is 4.90. The number of amides is 1. The maximum absolute atomic E-state index is 12.0. The van der Waals surface area contributed by atoms with Crippen LogP contribution in [0.15, 0.2) is 12.4 Å². The largest absolute Gasteiger partial charge is 0.337 e. The van der Waals surface area contributed by atoms with Crippen molar-refractivity contribution in [2.24, 2.45) is 13.0 Å². The van der Waals surface area contributed by atoms with Crippen LogP contribution in [0.4, 0.5) is 0 Å². The fraction of sp³-hybridized carbons (Fsp3) is 0.667. The van der Waals surface area contributed by atoms with Crippen molar-refractivity contribution in [2.75, 3.05) is 18.6 Å². The van der Waals surface area contributed by atoms with Gasteiger partial charge in [0, 0.05) is 38.2 Å². The number of sulfone groups is 1. The Morgan fingerprint density at radius 2 is 2.11 bits per heavy atom. The number of rotatable bonds is 6. The number of hydrogen-bond acceptors (Lipinski definition) is 4. The van der Waals surface area contributed by atoms with Crippen molar-refractivity contribution in [2.45, 2.75) is 20.4 Å². The van der Waals surface area contributed by atoms with Crippen LogP contribution in [0.5, 0.6) is 0 Å². The van der Waals surface area contributed by atoms with E-state index >= 15 is 0 Å². The van der Waals surface area contributed by atoms with E-state index in [1.54, 1.807) is 22.8 Å². The summed E-state index contributed by atoms with van der Waals surface area (Å²) >= 11 is 0. The quantitative estimate of drug-likeness (QED) is 0.761. The summed E-state index contributed by atoms with van der Waals surface area (Å²) in [5.41, 5.74) is 0.894. The Kier molecular flexibility index (Phi) is 5.11. The molecule has 0 radical (unpaired) electrons. The minimum absolute atomic E-state index is 0.278. The van der Waals surface area contributed by atoms with E-state index in [2.05, 4.69) is 5.10 Å². The highest BCUT2D eigenvalue weighted by atomic mass is 32.2. The SMILES string of the molecule is CC(C)CN(Cc1cnn(C)c1)C(=O)CS(C)(=O)=O. The summed E-state index contributed by atoms with van der Waals surface area (Å²) in [5, 5.41) is 4.04. The maximum atomic E-state index is 12.0. The number of aromatic nitrogens is 2. The predicted octanol–water partition coefficient (Wildman–Crippen LogP) is 0.449. The summed E-state index contributed by atoms with van der Waals surface area (Å²) in [4.78, 5) is 13.6. The second-order valence-corrected chi connectivity index (χ2v) is 7.40. The van der Waals surface area contributed by atoms with Gasteiger partial charge in [-0.15, -0.1) is 0 Å². The van der Waals surface area contributed by atoms with Gasteiger partial charge in [-0.3, -0.25) is 9.48 Å². The van der Waals surface area contributed by atoms with Gasteiger partial charge in [0.05, 0.1) is 6.20 Å². The average molecular weight is 287 g/mol. The number of hydrogen-bond donors (Lipinski definition) is 0. The summed E-state index contributed by atoms with van der Waals surface area (Å²) in [7, 11) is -1.50. The van der Waals surface area contributed by atoms with E-state index in [9.17, 15) is 13.2 Å². The molecule has 1 rings (SSSR count). The third-order valence-electron chi connectivity index (χ3n) is 2.46. The van der Waals surface area contributed by atoms with Crippen molar-refractivity contribution in [3.63, 3.8) is 0 Å². The highest BCUT2D eigenvalue weighted by Crippen LogP contribution is 2.08. The molecule has 0 N–H and O–H groups in total. The van der Waals surface area contributed by atoms with Gasteiger partial charge >= 0.3 is 0 Å². The number of nitrogens with zero attached hydrogens (tertiary/aromatic N) is 3. The fourth-order valence-electron chi connectivity index (χ4n) is 1.78. The fourth-order valence-corrected chi connectivity index (χ4v) is 2.42. The molecule has 0 unspecified atom stereocenters. The first-order valence-corrected chi connectivity index (χ1v) is 8.16. The van der Waals surface area contributed by atoms with Gasteiger partial charge in [-0.1, -0.05) is 13.8 Å². The van der Waals surface area contributed by atoms with Crippen LogP contribution in [-0.2, 0) is 28.2 Å². The van der Waals surface area contributed by atoms with Crippen LogP contribution in [0.1, 0.15) is 19.4 Å². The van der Waals surface area contributed by atoms with E-state index in [1.807, 2.05) is 20.0 Å². The number of carbonyl (C=O) groups excluding carboxylic acids is 1. The van der Waals surface area contributed by atoms with Crippen LogP contribution in [0.3, 0.4) is 0 Å². The molecule has 19 heavy (non-hydrogen) atoms. The summed E-state index contributed by atoms with van der Waals surface area (Å²) < 4.78 is 24.1. The predicted molar refractivity (Wildman–Crippen MR) is 73.2 cm³/mol. The van der Waals surface area contributed by atoms with Crippen molar-refractivity contribution in [3.05, 3.63) is 18.0 Å². The molecule has 0 aromatic carbocycles. The summed E-state index contributed by atoms with van der Waals surface area (Å²) in [6.07, 6.45) is 4.57. The molecule has 108 valence electrons. The first-order chi connectivity index (χ1) is 8.67. The second-order valence-electron chi connectivity index (χ2n) is 5.26. The van der Waals surface area contributed by atoms with Gasteiger partial charge in [0.25, 0.3) is 0 Å². The van der Waals surface area contributed by atoms with Gasteiger partial charge in [0.15, 0.2) is 9.84 Å². The molecule has 0 spiro atoms. The molecule has 0 aliphatic carbocycles. The molecular weight excluding hydrogens is 266 g/mol. The zero-order valence-corrected chi connectivity index (χ0v) is 12.6. The highest BCUT2D eigenvalue weighted by Gasteiger charge is 2.20. The molecule has 6 nitrogen and oxygen atoms in total. The lowest BCUT2D eigenvalue weighted by Crippen LogP contribution is -2.37. The van der Waals surface area contributed by atoms with E-state index in [1.165, 1.54) is 0 Å². The molecule has 0 fully saturated rings. The monoisotopic (exact) mass is 287 g/mol. The Balaban J connectivity index is 2.79. The Labute approximate surface area is 114 Å². The van der Waals surface area contributed by atoms with E-state index < -0.39 is 15.6 Å². The summed E-state index contributed by atoms with van der Waals surface area (Å²) in [5.74, 6) is -0.528. The topological polar surface area (TPSA) is 72.3 Å². The van der Waals surface area contributed by atoms with E-state index in [0.29, 0.717) is 13.1 Å². The van der Waals surface area contributed by atoms with Gasteiger partial charge in [0.1, 0.15) is 5.75 Å². The minimum Gasteiger partial charge on any atom is -0.337 e. The number of aryl methyl sites for hydroxylation is 1. The molecule has 1 aromatic heterocycles. The highest BCUT2D eigenvalue weighted by molar-refractivity contribution is 7.91. The van der Waals surface area contributed by atoms with Gasteiger partial charge < -0.3 is 4.90 Å². The van der Waals surface area contributed by atoms with Crippen molar-refractivity contribution in [1.82, 2.24) is 14.7 Å². The molecule has 0 aliphatic rings. The van der Waals surface area contributed by atoms with Crippen LogP contribution < -0.4 is 0 Å². The smallest absolute Gasteiger partial charge is 0.238 e. The number of carbonyl (C=O) groups is 1. The average Bonchev–Trinajstić information content (AvgIpc) is 2.59. The normalized spacial score (nSPS) is 11.8. The van der Waals surface area contributed by atoms with Gasteiger partial charge in [-0.25, -0.2) is 8.42 Å². The molecular formula is C12H21N3O3S. The maximum Gasteiger partial charge on any atom is 0.238 e. The van der Waals surface area contributed by atoms with Gasteiger partial charge in [-0.05, 0) is 5.92 Å². The van der Waals surface area contributed by atoms with Crippen LogP contribution in [0.25, 0.3) is 0 Å². The molecule has 0 saturated carbocycles. The second kappa shape index (κ2) is 6.18. The summed E-state index contributed by atoms with van der Waals surface area (Å²) in [6, 6.07) is 0. The van der Waals surface area contributed by atoms with Crippen LogP contribution in [0.2, 0.25) is 0 Å². The lowest BCUT2D eigenvalue weighted by Gasteiger charge is -2.23. The van der Waals surface area contributed by atoms with Gasteiger partial charge in [-0.2, -0.15) is 5.10 Å². The first kappa shape index (κ1) is 15.7. The molecule has 7 heteroatoms. The Bertz CT molecular complexity index is 534. The molecule has 0 bridgehead atoms. The van der Waals surface area contributed by atoms with Crippen molar-refractivity contribution < 1.29 is 13.2 Å². The van der Waals surface area contributed by atoms with Crippen LogP contribution in [0, 0.1) is 5.92 Å². The standard InChI is InChI=1S/C12H21N3O3S/c1-10(2)6-15(12(16)9-19(4,17)18)8-11-5-13-14(3)7-11/h5,7,10H,6,8-9H2,1-4H3. The van der Waals surface area contributed by atoms with Crippen LogP contribution in [-0.4, -0.2) is 47.6 Å². The molecule has 1 amide bonds. The van der Waals surface area contributed by atoms with E-state index in [0.717, 1.165) is 11.8 Å². The zero-order valence-electron chi connectivity index (χ0n) is 11.8. The Morgan fingerprint density at radius 3 is 2.53 bits per heavy atom. The third kappa shape index (κ3) is 5.87.